The number of hydrogen-bond donors (Lipinski definition) is 2. The van der Waals surface area contributed by atoms with Crippen LogP contribution < -0.4 is 15.8 Å². The smallest absolute Gasteiger partial charge is 0.410 e. The molecule has 1 atom stereocenters. The summed E-state index contributed by atoms with van der Waals surface area (Å²) in [5, 5.41) is 3.05. The molecule has 0 aromatic heterocycles. The van der Waals surface area contributed by atoms with Crippen LogP contribution in [0.5, 0.6) is 5.75 Å². The van der Waals surface area contributed by atoms with E-state index in [9.17, 15) is 4.79 Å². The van der Waals surface area contributed by atoms with E-state index in [1.165, 1.54) is 0 Å². The molecule has 1 aliphatic heterocycles. The normalized spacial score (nSPS) is 18.4. The standard InChI is InChI=1S/C19H30N4O3/c1-19(2,3)26-18(24)23-12-6-5-7-15(23)13-21-17(20)22-14-8-10-16(25-4)11-9-14/h8-11,15H,5-7,12-13H2,1-4H3,(H3,20,21,22). The van der Waals surface area contributed by atoms with Crippen LogP contribution in [-0.2, 0) is 4.74 Å². The van der Waals surface area contributed by atoms with Crippen molar-refractivity contribution in [2.75, 3.05) is 25.5 Å². The van der Waals surface area contributed by atoms with Gasteiger partial charge in [-0.15, -0.1) is 0 Å². The van der Waals surface area contributed by atoms with Gasteiger partial charge in [0, 0.05) is 12.2 Å². The van der Waals surface area contributed by atoms with Crippen LogP contribution in [0.25, 0.3) is 0 Å². The zero-order chi connectivity index (χ0) is 19.2. The van der Waals surface area contributed by atoms with Crippen molar-refractivity contribution in [2.24, 2.45) is 10.7 Å². The Bertz CT molecular complexity index is 623. The summed E-state index contributed by atoms with van der Waals surface area (Å²) in [6.07, 6.45) is 2.68. The maximum absolute atomic E-state index is 12.4. The molecular formula is C19H30N4O3. The number of piperidine rings is 1. The summed E-state index contributed by atoms with van der Waals surface area (Å²) >= 11 is 0. The highest BCUT2D eigenvalue weighted by Gasteiger charge is 2.30. The van der Waals surface area contributed by atoms with E-state index in [0.29, 0.717) is 19.0 Å². The Balaban J connectivity index is 1.95. The van der Waals surface area contributed by atoms with Gasteiger partial charge in [-0.05, 0) is 64.3 Å². The average Bonchev–Trinajstić information content (AvgIpc) is 2.59. The lowest BCUT2D eigenvalue weighted by Crippen LogP contribution is -2.47. The number of hydrogen-bond acceptors (Lipinski definition) is 4. The van der Waals surface area contributed by atoms with Gasteiger partial charge in [0.25, 0.3) is 0 Å². The van der Waals surface area contributed by atoms with Gasteiger partial charge in [-0.25, -0.2) is 4.79 Å². The fraction of sp³-hybridized carbons (Fsp3) is 0.579. The van der Waals surface area contributed by atoms with E-state index in [2.05, 4.69) is 10.3 Å². The van der Waals surface area contributed by atoms with Crippen molar-refractivity contribution in [2.45, 2.75) is 51.7 Å². The summed E-state index contributed by atoms with van der Waals surface area (Å²) in [5.41, 5.74) is 6.32. The van der Waals surface area contributed by atoms with Crippen molar-refractivity contribution in [3.8, 4) is 5.75 Å². The highest BCUT2D eigenvalue weighted by atomic mass is 16.6. The number of ether oxygens (including phenoxy) is 2. The van der Waals surface area contributed by atoms with Crippen molar-refractivity contribution >= 4 is 17.7 Å². The number of guanidine groups is 1. The van der Waals surface area contributed by atoms with Crippen molar-refractivity contribution in [3.63, 3.8) is 0 Å². The Morgan fingerprint density at radius 3 is 2.62 bits per heavy atom. The maximum atomic E-state index is 12.4. The van der Waals surface area contributed by atoms with Gasteiger partial charge in [0.15, 0.2) is 5.96 Å². The van der Waals surface area contributed by atoms with E-state index in [4.69, 9.17) is 15.2 Å². The minimum atomic E-state index is -0.503. The van der Waals surface area contributed by atoms with E-state index in [1.54, 1.807) is 12.0 Å². The molecule has 3 N–H and O–H groups in total. The number of nitrogens with two attached hydrogens (primary N) is 1. The number of benzene rings is 1. The third-order valence-corrected chi connectivity index (χ3v) is 4.09. The fourth-order valence-electron chi connectivity index (χ4n) is 2.82. The molecular weight excluding hydrogens is 332 g/mol. The van der Waals surface area contributed by atoms with Crippen LogP contribution >= 0.6 is 0 Å². The third-order valence-electron chi connectivity index (χ3n) is 4.09. The van der Waals surface area contributed by atoms with Gasteiger partial charge in [-0.1, -0.05) is 0 Å². The quantitative estimate of drug-likeness (QED) is 0.634. The van der Waals surface area contributed by atoms with E-state index >= 15 is 0 Å². The first-order chi connectivity index (χ1) is 12.3. The summed E-state index contributed by atoms with van der Waals surface area (Å²) < 4.78 is 10.6. The Hall–Kier alpha value is -2.44. The van der Waals surface area contributed by atoms with Crippen LogP contribution in [0.4, 0.5) is 10.5 Å². The molecule has 0 saturated carbocycles. The number of nitrogens with zero attached hydrogens (tertiary/aromatic N) is 2. The predicted molar refractivity (Wildman–Crippen MR) is 104 cm³/mol. The molecule has 26 heavy (non-hydrogen) atoms. The summed E-state index contributed by atoms with van der Waals surface area (Å²) in [6, 6.07) is 7.45. The molecule has 0 radical (unpaired) electrons. The average molecular weight is 362 g/mol. The van der Waals surface area contributed by atoms with Gasteiger partial charge in [-0.2, -0.15) is 0 Å². The van der Waals surface area contributed by atoms with E-state index in [-0.39, 0.29) is 12.1 Å². The van der Waals surface area contributed by atoms with Crippen LogP contribution in [0.1, 0.15) is 40.0 Å². The van der Waals surface area contributed by atoms with Crippen LogP contribution in [-0.4, -0.2) is 48.8 Å². The molecule has 1 fully saturated rings. The number of likely N-dealkylation sites (tertiary alicyclic amines) is 1. The minimum Gasteiger partial charge on any atom is -0.497 e. The summed E-state index contributed by atoms with van der Waals surface area (Å²) in [6.45, 7) is 6.77. The zero-order valence-electron chi connectivity index (χ0n) is 16.1. The highest BCUT2D eigenvalue weighted by Crippen LogP contribution is 2.21. The molecule has 1 unspecified atom stereocenters. The van der Waals surface area contributed by atoms with E-state index in [1.807, 2.05) is 45.0 Å². The van der Waals surface area contributed by atoms with Gasteiger partial charge in [0.05, 0.1) is 19.7 Å². The molecule has 144 valence electrons. The molecule has 7 nitrogen and oxygen atoms in total. The van der Waals surface area contributed by atoms with Gasteiger partial charge in [0.1, 0.15) is 11.4 Å². The Labute approximate surface area is 155 Å². The summed E-state index contributed by atoms with van der Waals surface area (Å²) in [4.78, 5) is 18.6. The molecule has 1 saturated heterocycles. The van der Waals surface area contributed by atoms with Crippen LogP contribution in [0.15, 0.2) is 29.3 Å². The highest BCUT2D eigenvalue weighted by molar-refractivity contribution is 5.92. The SMILES string of the molecule is COc1ccc(NC(N)=NCC2CCCCN2C(=O)OC(C)(C)C)cc1. The number of rotatable bonds is 4. The number of anilines is 1. The topological polar surface area (TPSA) is 89.2 Å². The molecule has 1 heterocycles. The third kappa shape index (κ3) is 6.13. The minimum absolute atomic E-state index is 0.00909. The number of carbonyl (C=O) groups is 1. The van der Waals surface area contributed by atoms with Crippen molar-refractivity contribution in [1.29, 1.82) is 0 Å². The van der Waals surface area contributed by atoms with Crippen LogP contribution in [0.3, 0.4) is 0 Å². The maximum Gasteiger partial charge on any atom is 0.410 e. The molecule has 0 bridgehead atoms. The van der Waals surface area contributed by atoms with Crippen molar-refractivity contribution in [3.05, 3.63) is 24.3 Å². The van der Waals surface area contributed by atoms with Gasteiger partial charge >= 0.3 is 6.09 Å². The second-order valence-electron chi connectivity index (χ2n) is 7.40. The molecule has 7 heteroatoms. The summed E-state index contributed by atoms with van der Waals surface area (Å²) in [7, 11) is 1.62. The lowest BCUT2D eigenvalue weighted by atomic mass is 10.0. The molecule has 0 aliphatic carbocycles. The van der Waals surface area contributed by atoms with Gasteiger partial charge in [0.2, 0.25) is 0 Å². The zero-order valence-corrected chi connectivity index (χ0v) is 16.1. The Morgan fingerprint density at radius 1 is 1.31 bits per heavy atom. The van der Waals surface area contributed by atoms with Crippen molar-refractivity contribution < 1.29 is 14.3 Å². The molecule has 2 rings (SSSR count). The second kappa shape index (κ2) is 8.78. The lowest BCUT2D eigenvalue weighted by molar-refractivity contribution is 0.0110. The molecule has 1 aliphatic rings. The van der Waals surface area contributed by atoms with E-state index < -0.39 is 5.60 Å². The summed E-state index contributed by atoms with van der Waals surface area (Å²) in [5.74, 6) is 1.10. The van der Waals surface area contributed by atoms with Crippen molar-refractivity contribution in [1.82, 2.24) is 4.90 Å². The van der Waals surface area contributed by atoms with E-state index in [0.717, 1.165) is 30.7 Å². The molecule has 1 aromatic rings. The second-order valence-corrected chi connectivity index (χ2v) is 7.40. The fourth-order valence-corrected chi connectivity index (χ4v) is 2.82. The number of carbonyl (C=O) groups excluding carboxylic acids is 1. The largest absolute Gasteiger partial charge is 0.497 e. The molecule has 1 amide bonds. The lowest BCUT2D eigenvalue weighted by Gasteiger charge is -2.36. The Kier molecular flexibility index (Phi) is 6.71. The number of methoxy groups -OCH3 is 1. The first-order valence-corrected chi connectivity index (χ1v) is 8.99. The number of aliphatic imine (C=N–C) groups is 1. The molecule has 1 aromatic carbocycles. The first kappa shape index (κ1) is 19.9. The van der Waals surface area contributed by atoms with Gasteiger partial charge in [-0.3, -0.25) is 4.99 Å². The Morgan fingerprint density at radius 2 is 2.00 bits per heavy atom. The number of nitrogens with one attached hydrogen (secondary N) is 1. The van der Waals surface area contributed by atoms with Gasteiger partial charge < -0.3 is 25.4 Å². The number of amides is 1. The van der Waals surface area contributed by atoms with Crippen LogP contribution in [0, 0.1) is 0 Å². The van der Waals surface area contributed by atoms with Crippen LogP contribution in [0.2, 0.25) is 0 Å². The first-order valence-electron chi connectivity index (χ1n) is 8.99. The predicted octanol–water partition coefficient (Wildman–Crippen LogP) is 3.21. The monoisotopic (exact) mass is 362 g/mol. The molecule has 0 spiro atoms.